The number of carbonyl (C=O) groups is 2. The van der Waals surface area contributed by atoms with E-state index in [9.17, 15) is 9.59 Å². The van der Waals surface area contributed by atoms with Crippen LogP contribution >= 0.6 is 0 Å². The Balaban J connectivity index is 1.39. The van der Waals surface area contributed by atoms with E-state index in [1.807, 2.05) is 67.3 Å². The Bertz CT molecular complexity index is 894. The first-order valence-electron chi connectivity index (χ1n) is 11.1. The maximum absolute atomic E-state index is 13.0. The van der Waals surface area contributed by atoms with E-state index >= 15 is 0 Å². The highest BCUT2D eigenvalue weighted by molar-refractivity contribution is 5.82. The van der Waals surface area contributed by atoms with Gasteiger partial charge in [-0.3, -0.25) is 9.69 Å². The van der Waals surface area contributed by atoms with Gasteiger partial charge in [0.25, 0.3) is 0 Å². The van der Waals surface area contributed by atoms with Crippen LogP contribution in [0.5, 0.6) is 0 Å². The van der Waals surface area contributed by atoms with Gasteiger partial charge in [-0.25, -0.2) is 4.79 Å². The maximum atomic E-state index is 13.0. The van der Waals surface area contributed by atoms with Crippen molar-refractivity contribution in [1.29, 1.82) is 0 Å². The van der Waals surface area contributed by atoms with Crippen molar-refractivity contribution in [3.8, 4) is 0 Å². The third kappa shape index (κ3) is 4.90. The lowest BCUT2D eigenvalue weighted by Gasteiger charge is -2.50. The molecule has 6 nitrogen and oxygen atoms in total. The van der Waals surface area contributed by atoms with Crippen LogP contribution in [0.1, 0.15) is 25.0 Å². The molecule has 4 rings (SSSR count). The lowest BCUT2D eigenvalue weighted by Crippen LogP contribution is -2.65. The van der Waals surface area contributed by atoms with E-state index in [4.69, 9.17) is 0 Å². The molecule has 2 aliphatic heterocycles. The van der Waals surface area contributed by atoms with Gasteiger partial charge in [-0.2, -0.15) is 0 Å². The fourth-order valence-electron chi connectivity index (χ4n) is 4.84. The summed E-state index contributed by atoms with van der Waals surface area (Å²) in [6, 6.07) is 20.3. The van der Waals surface area contributed by atoms with Crippen molar-refractivity contribution in [1.82, 2.24) is 20.4 Å². The smallest absolute Gasteiger partial charge is 0.317 e. The molecule has 0 saturated carbocycles. The molecule has 31 heavy (non-hydrogen) atoms. The van der Waals surface area contributed by atoms with Crippen LogP contribution in [0.2, 0.25) is 0 Å². The predicted molar refractivity (Wildman–Crippen MR) is 121 cm³/mol. The van der Waals surface area contributed by atoms with E-state index in [0.717, 1.165) is 25.2 Å². The maximum Gasteiger partial charge on any atom is 0.317 e. The average Bonchev–Trinajstić information content (AvgIpc) is 3.11. The first-order chi connectivity index (χ1) is 14.9. The molecule has 1 atom stereocenters. The molecular weight excluding hydrogens is 388 g/mol. The highest BCUT2D eigenvalue weighted by Gasteiger charge is 2.57. The molecule has 3 amide bonds. The number of amides is 3. The van der Waals surface area contributed by atoms with E-state index in [-0.39, 0.29) is 29.3 Å². The van der Waals surface area contributed by atoms with Gasteiger partial charge in [-0.15, -0.1) is 0 Å². The van der Waals surface area contributed by atoms with Crippen molar-refractivity contribution in [2.45, 2.75) is 33.0 Å². The van der Waals surface area contributed by atoms with Crippen molar-refractivity contribution in [3.63, 3.8) is 0 Å². The van der Waals surface area contributed by atoms with Crippen molar-refractivity contribution >= 4 is 11.9 Å². The number of nitrogens with one attached hydrogen (secondary N) is 2. The number of rotatable bonds is 6. The Morgan fingerprint density at radius 2 is 1.58 bits per heavy atom. The molecule has 2 aliphatic rings. The first kappa shape index (κ1) is 21.4. The topological polar surface area (TPSA) is 64.7 Å². The molecule has 2 aromatic carbocycles. The van der Waals surface area contributed by atoms with Gasteiger partial charge < -0.3 is 15.5 Å². The molecule has 1 spiro atoms. The van der Waals surface area contributed by atoms with E-state index in [1.54, 1.807) is 0 Å². The van der Waals surface area contributed by atoms with Gasteiger partial charge in [0.05, 0.1) is 5.92 Å². The lowest BCUT2D eigenvalue weighted by atomic mass is 9.71. The third-order valence-corrected chi connectivity index (χ3v) is 6.30. The summed E-state index contributed by atoms with van der Waals surface area (Å²) < 4.78 is 0. The average molecular weight is 421 g/mol. The Morgan fingerprint density at radius 1 is 0.968 bits per heavy atom. The number of hydrogen-bond acceptors (Lipinski definition) is 3. The first-order valence-corrected chi connectivity index (χ1v) is 11.1. The van der Waals surface area contributed by atoms with Gasteiger partial charge in [-0.1, -0.05) is 60.7 Å². The molecule has 2 aromatic rings. The van der Waals surface area contributed by atoms with Gasteiger partial charge in [0.15, 0.2) is 0 Å². The molecular formula is C25H32N4O2. The Morgan fingerprint density at radius 3 is 2.19 bits per heavy atom. The highest BCUT2D eigenvalue weighted by Crippen LogP contribution is 2.44. The van der Waals surface area contributed by atoms with Gasteiger partial charge in [0, 0.05) is 50.7 Å². The second-order valence-corrected chi connectivity index (χ2v) is 9.23. The van der Waals surface area contributed by atoms with E-state index in [2.05, 4.69) is 27.7 Å². The zero-order chi connectivity index (χ0) is 21.8. The van der Waals surface area contributed by atoms with Gasteiger partial charge in [-0.05, 0) is 25.0 Å². The van der Waals surface area contributed by atoms with Crippen LogP contribution in [0, 0.1) is 11.3 Å². The summed E-state index contributed by atoms with van der Waals surface area (Å²) in [5, 5.41) is 6.11. The number of benzene rings is 2. The van der Waals surface area contributed by atoms with Gasteiger partial charge >= 0.3 is 6.03 Å². The summed E-state index contributed by atoms with van der Waals surface area (Å²) >= 11 is 0. The minimum Gasteiger partial charge on any atom is -0.354 e. The summed E-state index contributed by atoms with van der Waals surface area (Å²) in [6.07, 6.45) is 0. The number of urea groups is 1. The molecule has 2 saturated heterocycles. The normalized spacial score (nSPS) is 20.0. The van der Waals surface area contributed by atoms with Crippen LogP contribution in [0.3, 0.4) is 0 Å². The highest BCUT2D eigenvalue weighted by atomic mass is 16.2. The van der Waals surface area contributed by atoms with Gasteiger partial charge in [0.1, 0.15) is 0 Å². The van der Waals surface area contributed by atoms with E-state index in [0.29, 0.717) is 19.6 Å². The van der Waals surface area contributed by atoms with Crippen LogP contribution in [0.4, 0.5) is 4.79 Å². The SMILES string of the molecule is CC(C)NC(=O)C1CN(Cc2ccccc2)CC12CN(C(=O)NCc1ccccc1)C2. The fourth-order valence-corrected chi connectivity index (χ4v) is 4.84. The molecule has 6 heteroatoms. The van der Waals surface area contributed by atoms with Crippen molar-refractivity contribution in [2.75, 3.05) is 26.2 Å². The summed E-state index contributed by atoms with van der Waals surface area (Å²) in [7, 11) is 0. The van der Waals surface area contributed by atoms with Gasteiger partial charge in [0.2, 0.25) is 5.91 Å². The quantitative estimate of drug-likeness (QED) is 0.755. The molecule has 0 bridgehead atoms. The van der Waals surface area contributed by atoms with E-state index < -0.39 is 0 Å². The monoisotopic (exact) mass is 420 g/mol. The number of carbonyl (C=O) groups excluding carboxylic acids is 2. The predicted octanol–water partition coefficient (Wildman–Crippen LogP) is 2.85. The fraction of sp³-hybridized carbons (Fsp3) is 0.440. The zero-order valence-corrected chi connectivity index (χ0v) is 18.4. The van der Waals surface area contributed by atoms with Crippen LogP contribution in [-0.2, 0) is 17.9 Å². The summed E-state index contributed by atoms with van der Waals surface area (Å²) in [4.78, 5) is 29.9. The Labute approximate surface area is 184 Å². The molecule has 2 N–H and O–H groups in total. The molecule has 0 aromatic heterocycles. The largest absolute Gasteiger partial charge is 0.354 e. The minimum atomic E-state index is -0.169. The van der Waals surface area contributed by atoms with Crippen molar-refractivity contribution < 1.29 is 9.59 Å². The number of nitrogens with zero attached hydrogens (tertiary/aromatic N) is 2. The third-order valence-electron chi connectivity index (χ3n) is 6.30. The summed E-state index contributed by atoms with van der Waals surface area (Å²) in [5.41, 5.74) is 2.16. The molecule has 1 unspecified atom stereocenters. The van der Waals surface area contributed by atoms with Crippen LogP contribution in [0.25, 0.3) is 0 Å². The van der Waals surface area contributed by atoms with Crippen LogP contribution < -0.4 is 10.6 Å². The minimum absolute atomic E-state index is 0.0565. The molecule has 0 radical (unpaired) electrons. The number of hydrogen-bond donors (Lipinski definition) is 2. The van der Waals surface area contributed by atoms with Crippen LogP contribution in [-0.4, -0.2) is 54.0 Å². The van der Waals surface area contributed by atoms with Crippen LogP contribution in [0.15, 0.2) is 60.7 Å². The van der Waals surface area contributed by atoms with Crippen molar-refractivity contribution in [2.24, 2.45) is 11.3 Å². The molecule has 164 valence electrons. The standard InChI is InChI=1S/C25H32N4O2/c1-19(2)27-23(30)22-15-28(14-21-11-7-4-8-12-21)16-25(22)17-29(18-25)24(31)26-13-20-9-5-3-6-10-20/h3-12,19,22H,13-18H2,1-2H3,(H,26,31)(H,27,30). The Kier molecular flexibility index (Phi) is 6.28. The second kappa shape index (κ2) is 9.10. The zero-order valence-electron chi connectivity index (χ0n) is 18.4. The molecule has 2 fully saturated rings. The Hall–Kier alpha value is -2.86. The summed E-state index contributed by atoms with van der Waals surface area (Å²) in [5.74, 6) is 0.00620. The van der Waals surface area contributed by atoms with E-state index in [1.165, 1.54) is 5.56 Å². The lowest BCUT2D eigenvalue weighted by molar-refractivity contribution is -0.131. The summed E-state index contributed by atoms with van der Waals surface area (Å²) in [6.45, 7) is 8.13. The number of likely N-dealkylation sites (tertiary alicyclic amines) is 2. The van der Waals surface area contributed by atoms with Crippen molar-refractivity contribution in [3.05, 3.63) is 71.8 Å². The molecule has 0 aliphatic carbocycles. The molecule has 2 heterocycles. The second-order valence-electron chi connectivity index (χ2n) is 9.23.